The quantitative estimate of drug-likeness (QED) is 0.255. The minimum Gasteiger partial charge on any atom is -0.460 e. The summed E-state index contributed by atoms with van der Waals surface area (Å²) < 4.78 is 20.8. The lowest BCUT2D eigenvalue weighted by Gasteiger charge is -2.24. The van der Waals surface area contributed by atoms with E-state index in [9.17, 15) is 9.59 Å². The van der Waals surface area contributed by atoms with E-state index in [0.717, 1.165) is 12.2 Å². The van der Waals surface area contributed by atoms with Gasteiger partial charge in [-0.25, -0.2) is 9.59 Å². The van der Waals surface area contributed by atoms with Crippen molar-refractivity contribution in [2.24, 2.45) is 5.41 Å². The number of aliphatic hydroxyl groups is 3. The Labute approximate surface area is 179 Å². The Kier molecular flexibility index (Phi) is 18.3. The molecule has 3 unspecified atom stereocenters. The first-order chi connectivity index (χ1) is 14.1. The number of hydrogen-bond acceptors (Lipinski definition) is 9. The fourth-order valence-electron chi connectivity index (χ4n) is 1.72. The number of hydrogen-bond donors (Lipinski definition) is 3. The highest BCUT2D eigenvalue weighted by atomic mass is 16.6. The van der Waals surface area contributed by atoms with Gasteiger partial charge < -0.3 is 34.3 Å². The Balaban J connectivity index is 0. The molecule has 0 fully saturated rings. The highest BCUT2D eigenvalue weighted by Crippen LogP contribution is 2.18. The first-order valence-electron chi connectivity index (χ1n) is 9.81. The van der Waals surface area contributed by atoms with Crippen LogP contribution in [-0.2, 0) is 28.5 Å². The molecule has 0 aromatic heterocycles. The Bertz CT molecular complexity index is 471. The lowest BCUT2D eigenvalue weighted by Crippen LogP contribution is -2.32. The van der Waals surface area contributed by atoms with Crippen molar-refractivity contribution < 1.29 is 43.9 Å². The second kappa shape index (κ2) is 18.0. The zero-order chi connectivity index (χ0) is 23.6. The normalized spacial score (nSPS) is 13.8. The minimum absolute atomic E-state index is 0.156. The van der Waals surface area contributed by atoms with Crippen LogP contribution in [0.2, 0.25) is 0 Å². The van der Waals surface area contributed by atoms with Crippen LogP contribution in [0.25, 0.3) is 0 Å². The van der Waals surface area contributed by atoms with Crippen LogP contribution in [-0.4, -0.2) is 85.2 Å². The van der Waals surface area contributed by atoms with Crippen LogP contribution in [0.3, 0.4) is 0 Å². The molecule has 0 radical (unpaired) electrons. The lowest BCUT2D eigenvalue weighted by molar-refractivity contribution is -0.148. The summed E-state index contributed by atoms with van der Waals surface area (Å²) in [6.45, 7) is 14.1. The molecule has 0 aromatic carbocycles. The summed E-state index contributed by atoms with van der Waals surface area (Å²) >= 11 is 0. The molecule has 0 amide bonds. The number of esters is 2. The lowest BCUT2D eigenvalue weighted by atomic mass is 9.88. The Morgan fingerprint density at radius 1 is 0.833 bits per heavy atom. The highest BCUT2D eigenvalue weighted by molar-refractivity contribution is 5.81. The molecule has 0 aliphatic heterocycles. The van der Waals surface area contributed by atoms with Crippen LogP contribution in [0.15, 0.2) is 25.3 Å². The van der Waals surface area contributed by atoms with Gasteiger partial charge in [0.25, 0.3) is 0 Å². The molecule has 3 atom stereocenters. The van der Waals surface area contributed by atoms with Gasteiger partial charge in [0, 0.05) is 17.6 Å². The number of carbonyl (C=O) groups is 2. The number of ether oxygens (including phenoxy) is 4. The van der Waals surface area contributed by atoms with E-state index >= 15 is 0 Å². The maximum atomic E-state index is 11.0. The molecule has 3 N–H and O–H groups in total. The number of rotatable bonds is 15. The first kappa shape index (κ1) is 30.4. The largest absolute Gasteiger partial charge is 0.460 e. The van der Waals surface area contributed by atoms with Crippen LogP contribution < -0.4 is 0 Å². The van der Waals surface area contributed by atoms with E-state index in [2.05, 4.69) is 13.2 Å². The fraction of sp³-hybridized carbons (Fsp3) is 0.714. The van der Waals surface area contributed by atoms with E-state index in [0.29, 0.717) is 13.0 Å². The molecular formula is C21H38O9. The minimum atomic E-state index is -0.667. The first-order valence-corrected chi connectivity index (χ1v) is 9.81. The van der Waals surface area contributed by atoms with E-state index in [1.807, 2.05) is 13.8 Å². The molecule has 176 valence electrons. The van der Waals surface area contributed by atoms with Gasteiger partial charge in [-0.1, -0.05) is 20.1 Å². The Morgan fingerprint density at radius 3 is 1.63 bits per heavy atom. The summed E-state index contributed by atoms with van der Waals surface area (Å²) in [5.74, 6) is -0.958. The molecule has 0 aromatic rings. The third-order valence-corrected chi connectivity index (χ3v) is 4.10. The maximum Gasteiger partial charge on any atom is 0.330 e. The molecular weight excluding hydrogens is 396 g/mol. The van der Waals surface area contributed by atoms with E-state index in [4.69, 9.17) is 34.3 Å². The monoisotopic (exact) mass is 434 g/mol. The zero-order valence-electron chi connectivity index (χ0n) is 18.5. The molecule has 9 heteroatoms. The van der Waals surface area contributed by atoms with Gasteiger partial charge in [-0.05, 0) is 27.2 Å². The topological polar surface area (TPSA) is 132 Å². The van der Waals surface area contributed by atoms with Crippen molar-refractivity contribution in [2.45, 2.75) is 52.4 Å². The van der Waals surface area contributed by atoms with Gasteiger partial charge in [0.1, 0.15) is 12.7 Å². The number of aliphatic hydroxyl groups excluding tert-OH is 3. The standard InChI is InChI=1S/C15H24O6.C6H14O3/c1-6-14(16)20-9-12(4)18-8-11(3)19-10-13(5)21-15(17)7-2;1-2-6(3-7,4-8)5-9/h6-7,11-13H,1-2,8-10H2,3-5H3;7-9H,2-5H2,1H3. The molecule has 0 spiro atoms. The van der Waals surface area contributed by atoms with Gasteiger partial charge in [0.15, 0.2) is 0 Å². The molecule has 30 heavy (non-hydrogen) atoms. The molecule has 0 saturated carbocycles. The van der Waals surface area contributed by atoms with Crippen molar-refractivity contribution in [1.82, 2.24) is 0 Å². The second-order valence-electron chi connectivity index (χ2n) is 6.90. The molecule has 9 nitrogen and oxygen atoms in total. The van der Waals surface area contributed by atoms with E-state index < -0.39 is 17.4 Å². The van der Waals surface area contributed by atoms with Gasteiger partial charge in [-0.15, -0.1) is 0 Å². The van der Waals surface area contributed by atoms with Gasteiger partial charge in [0.05, 0.1) is 45.2 Å². The fourth-order valence-corrected chi connectivity index (χ4v) is 1.72. The Hall–Kier alpha value is -1.78. The molecule has 0 aliphatic rings. The van der Waals surface area contributed by atoms with E-state index in [-0.39, 0.29) is 51.3 Å². The summed E-state index contributed by atoms with van der Waals surface area (Å²) in [6, 6.07) is 0. The summed E-state index contributed by atoms with van der Waals surface area (Å²) in [6.07, 6.45) is 2.03. The van der Waals surface area contributed by atoms with Crippen molar-refractivity contribution in [3.8, 4) is 0 Å². The maximum absolute atomic E-state index is 11.0. The van der Waals surface area contributed by atoms with Gasteiger partial charge >= 0.3 is 11.9 Å². The predicted molar refractivity (Wildman–Crippen MR) is 112 cm³/mol. The molecule has 0 saturated heterocycles. The van der Waals surface area contributed by atoms with E-state index in [1.165, 1.54) is 0 Å². The summed E-state index contributed by atoms with van der Waals surface area (Å²) in [5, 5.41) is 26.0. The van der Waals surface area contributed by atoms with Crippen LogP contribution in [0, 0.1) is 5.41 Å². The average Bonchev–Trinajstić information content (AvgIpc) is 2.76. The summed E-state index contributed by atoms with van der Waals surface area (Å²) in [4.78, 5) is 21.8. The smallest absolute Gasteiger partial charge is 0.330 e. The molecule has 0 rings (SSSR count). The van der Waals surface area contributed by atoms with Gasteiger partial charge in [0.2, 0.25) is 0 Å². The highest BCUT2D eigenvalue weighted by Gasteiger charge is 2.24. The van der Waals surface area contributed by atoms with Crippen LogP contribution in [0.4, 0.5) is 0 Å². The molecule has 0 heterocycles. The summed E-state index contributed by atoms with van der Waals surface area (Å²) in [5.41, 5.74) is -0.667. The third-order valence-electron chi connectivity index (χ3n) is 4.10. The molecule has 0 bridgehead atoms. The van der Waals surface area contributed by atoms with Crippen molar-refractivity contribution in [3.63, 3.8) is 0 Å². The van der Waals surface area contributed by atoms with Crippen molar-refractivity contribution in [2.75, 3.05) is 39.6 Å². The van der Waals surface area contributed by atoms with E-state index in [1.54, 1.807) is 13.8 Å². The average molecular weight is 435 g/mol. The van der Waals surface area contributed by atoms with Crippen molar-refractivity contribution in [1.29, 1.82) is 0 Å². The third kappa shape index (κ3) is 15.1. The van der Waals surface area contributed by atoms with Crippen molar-refractivity contribution in [3.05, 3.63) is 25.3 Å². The Morgan fingerprint density at radius 2 is 1.27 bits per heavy atom. The zero-order valence-corrected chi connectivity index (χ0v) is 18.5. The van der Waals surface area contributed by atoms with Crippen LogP contribution >= 0.6 is 0 Å². The summed E-state index contributed by atoms with van der Waals surface area (Å²) in [7, 11) is 0. The van der Waals surface area contributed by atoms with Gasteiger partial charge in [-0.3, -0.25) is 0 Å². The SMILES string of the molecule is C=CC(=O)OCC(C)OCC(C)OCC(C)OC(=O)C=C.CCC(CO)(CO)CO. The van der Waals surface area contributed by atoms with Crippen LogP contribution in [0.5, 0.6) is 0 Å². The predicted octanol–water partition coefficient (Wildman–Crippen LogP) is 1.00. The van der Waals surface area contributed by atoms with Crippen LogP contribution in [0.1, 0.15) is 34.1 Å². The van der Waals surface area contributed by atoms with Crippen molar-refractivity contribution >= 4 is 11.9 Å². The van der Waals surface area contributed by atoms with Gasteiger partial charge in [-0.2, -0.15) is 0 Å². The number of carbonyl (C=O) groups excluding carboxylic acids is 2. The second-order valence-corrected chi connectivity index (χ2v) is 6.90. The molecule has 0 aliphatic carbocycles.